The van der Waals surface area contributed by atoms with Crippen LogP contribution in [0.4, 0.5) is 0 Å². The summed E-state index contributed by atoms with van der Waals surface area (Å²) in [6.07, 6.45) is 0. The van der Waals surface area contributed by atoms with E-state index in [1.165, 1.54) is 11.3 Å². The van der Waals surface area contributed by atoms with Gasteiger partial charge >= 0.3 is 0 Å². The highest BCUT2D eigenvalue weighted by Crippen LogP contribution is 2.22. The molecular formula is C6H6ClNOS. The van der Waals surface area contributed by atoms with Crippen molar-refractivity contribution in [3.8, 4) is 0 Å². The SMILES string of the molecule is NCC(=O)c1ccsc1Cl. The average Bonchev–Trinajstić information content (AvgIpc) is 2.34. The molecule has 0 atom stereocenters. The van der Waals surface area contributed by atoms with Crippen molar-refractivity contribution >= 4 is 28.7 Å². The van der Waals surface area contributed by atoms with Gasteiger partial charge in [0, 0.05) is 5.56 Å². The van der Waals surface area contributed by atoms with Crippen LogP contribution in [0.3, 0.4) is 0 Å². The highest BCUT2D eigenvalue weighted by molar-refractivity contribution is 7.14. The zero-order valence-corrected chi connectivity index (χ0v) is 6.71. The molecule has 0 radical (unpaired) electrons. The maximum absolute atomic E-state index is 10.9. The molecule has 10 heavy (non-hydrogen) atoms. The molecule has 1 aromatic rings. The first kappa shape index (κ1) is 7.72. The minimum absolute atomic E-state index is 0.0243. The normalized spacial score (nSPS) is 9.80. The van der Waals surface area contributed by atoms with Crippen LogP contribution in [0.5, 0.6) is 0 Å². The van der Waals surface area contributed by atoms with Gasteiger partial charge in [-0.3, -0.25) is 4.79 Å². The van der Waals surface area contributed by atoms with Crippen molar-refractivity contribution in [2.45, 2.75) is 0 Å². The Bertz CT molecular complexity index is 246. The predicted molar refractivity (Wildman–Crippen MR) is 42.7 cm³/mol. The summed E-state index contributed by atoms with van der Waals surface area (Å²) in [7, 11) is 0. The first-order valence-electron chi connectivity index (χ1n) is 2.72. The Morgan fingerprint density at radius 2 is 2.50 bits per heavy atom. The Kier molecular flexibility index (Phi) is 2.43. The van der Waals surface area contributed by atoms with E-state index >= 15 is 0 Å². The summed E-state index contributed by atoms with van der Waals surface area (Å²) in [6.45, 7) is 0.0243. The number of hydrogen-bond donors (Lipinski definition) is 1. The molecule has 4 heteroatoms. The number of thiophene rings is 1. The monoisotopic (exact) mass is 175 g/mol. The van der Waals surface area contributed by atoms with Gasteiger partial charge in [-0.15, -0.1) is 11.3 Å². The fourth-order valence-corrected chi connectivity index (χ4v) is 1.56. The van der Waals surface area contributed by atoms with E-state index in [0.29, 0.717) is 9.90 Å². The van der Waals surface area contributed by atoms with E-state index in [9.17, 15) is 4.79 Å². The molecule has 0 aliphatic heterocycles. The number of rotatable bonds is 2. The topological polar surface area (TPSA) is 43.1 Å². The number of hydrogen-bond acceptors (Lipinski definition) is 3. The summed E-state index contributed by atoms with van der Waals surface area (Å²) < 4.78 is 0.524. The average molecular weight is 176 g/mol. The van der Waals surface area contributed by atoms with Crippen molar-refractivity contribution < 1.29 is 4.79 Å². The van der Waals surface area contributed by atoms with Crippen LogP contribution in [-0.4, -0.2) is 12.3 Å². The highest BCUT2D eigenvalue weighted by atomic mass is 35.5. The number of carbonyl (C=O) groups excluding carboxylic acids is 1. The summed E-state index contributed by atoms with van der Waals surface area (Å²) >= 11 is 6.99. The lowest BCUT2D eigenvalue weighted by Gasteiger charge is -1.90. The van der Waals surface area contributed by atoms with Crippen molar-refractivity contribution in [1.82, 2.24) is 0 Å². The zero-order chi connectivity index (χ0) is 7.56. The van der Waals surface area contributed by atoms with Crippen molar-refractivity contribution in [3.05, 3.63) is 21.3 Å². The first-order chi connectivity index (χ1) is 4.75. The number of halogens is 1. The molecule has 0 aromatic carbocycles. The third-order valence-electron chi connectivity index (χ3n) is 1.10. The molecule has 0 unspecified atom stereocenters. The largest absolute Gasteiger partial charge is 0.324 e. The summed E-state index contributed by atoms with van der Waals surface area (Å²) in [6, 6.07) is 1.68. The van der Waals surface area contributed by atoms with E-state index < -0.39 is 0 Å². The molecule has 0 aliphatic carbocycles. The lowest BCUT2D eigenvalue weighted by atomic mass is 10.2. The Balaban J connectivity index is 2.93. The van der Waals surface area contributed by atoms with Crippen LogP contribution in [0.1, 0.15) is 10.4 Å². The lowest BCUT2D eigenvalue weighted by molar-refractivity contribution is 0.100. The van der Waals surface area contributed by atoms with Crippen molar-refractivity contribution in [2.75, 3.05) is 6.54 Å². The van der Waals surface area contributed by atoms with Gasteiger partial charge in [-0.05, 0) is 11.4 Å². The van der Waals surface area contributed by atoms with Crippen LogP contribution >= 0.6 is 22.9 Å². The molecule has 1 heterocycles. The van der Waals surface area contributed by atoms with Crippen LogP contribution in [0.25, 0.3) is 0 Å². The summed E-state index contributed by atoms with van der Waals surface area (Å²) in [4.78, 5) is 10.9. The third kappa shape index (κ3) is 1.37. The Morgan fingerprint density at radius 1 is 1.80 bits per heavy atom. The third-order valence-corrected chi connectivity index (χ3v) is 2.27. The number of ketones is 1. The van der Waals surface area contributed by atoms with E-state index in [-0.39, 0.29) is 12.3 Å². The molecule has 0 saturated carbocycles. The van der Waals surface area contributed by atoms with E-state index in [2.05, 4.69) is 0 Å². The highest BCUT2D eigenvalue weighted by Gasteiger charge is 2.07. The quantitative estimate of drug-likeness (QED) is 0.693. The second kappa shape index (κ2) is 3.14. The van der Waals surface area contributed by atoms with E-state index in [1.54, 1.807) is 11.4 Å². The second-order valence-corrected chi connectivity index (χ2v) is 3.25. The summed E-state index contributed by atoms with van der Waals surface area (Å²) in [5.41, 5.74) is 5.66. The summed E-state index contributed by atoms with van der Waals surface area (Å²) in [5.74, 6) is -0.105. The van der Waals surface area contributed by atoms with Crippen LogP contribution in [0, 0.1) is 0 Å². The second-order valence-electron chi connectivity index (χ2n) is 1.74. The fraction of sp³-hybridized carbons (Fsp3) is 0.167. The molecule has 0 fully saturated rings. The van der Waals surface area contributed by atoms with Gasteiger partial charge in [0.15, 0.2) is 5.78 Å². The van der Waals surface area contributed by atoms with E-state index in [0.717, 1.165) is 0 Å². The molecule has 2 nitrogen and oxygen atoms in total. The molecule has 0 amide bonds. The van der Waals surface area contributed by atoms with Crippen molar-refractivity contribution in [3.63, 3.8) is 0 Å². The van der Waals surface area contributed by atoms with Crippen LogP contribution in [0.2, 0.25) is 4.34 Å². The van der Waals surface area contributed by atoms with Gasteiger partial charge in [0.25, 0.3) is 0 Å². The molecule has 1 aromatic heterocycles. The zero-order valence-electron chi connectivity index (χ0n) is 5.13. The van der Waals surface area contributed by atoms with Gasteiger partial charge < -0.3 is 5.73 Å². The molecule has 0 aliphatic rings. The smallest absolute Gasteiger partial charge is 0.178 e. The first-order valence-corrected chi connectivity index (χ1v) is 3.97. The van der Waals surface area contributed by atoms with E-state index in [4.69, 9.17) is 17.3 Å². The predicted octanol–water partition coefficient (Wildman–Crippen LogP) is 1.54. The molecular weight excluding hydrogens is 170 g/mol. The number of carbonyl (C=O) groups is 1. The Labute approximate surface area is 67.6 Å². The molecule has 54 valence electrons. The van der Waals surface area contributed by atoms with Crippen LogP contribution in [-0.2, 0) is 0 Å². The number of nitrogens with two attached hydrogens (primary N) is 1. The molecule has 1 rings (SSSR count). The van der Waals surface area contributed by atoms with Gasteiger partial charge in [-0.1, -0.05) is 11.6 Å². The fourth-order valence-electron chi connectivity index (χ4n) is 0.603. The molecule has 2 N–H and O–H groups in total. The summed E-state index contributed by atoms with van der Waals surface area (Å²) in [5, 5.41) is 1.77. The van der Waals surface area contributed by atoms with E-state index in [1.807, 2.05) is 0 Å². The van der Waals surface area contributed by atoms with Gasteiger partial charge in [0.2, 0.25) is 0 Å². The standard InChI is InChI=1S/C6H6ClNOS/c7-6-4(1-2-10-6)5(9)3-8/h1-2H,3,8H2. The maximum atomic E-state index is 10.9. The van der Waals surface area contributed by atoms with Crippen molar-refractivity contribution in [1.29, 1.82) is 0 Å². The maximum Gasteiger partial charge on any atom is 0.178 e. The Hall–Kier alpha value is -0.380. The number of Topliss-reactive ketones (excluding diaryl/α,β-unsaturated/α-hetero) is 1. The molecule has 0 spiro atoms. The molecule has 0 saturated heterocycles. The van der Waals surface area contributed by atoms with Crippen LogP contribution < -0.4 is 5.73 Å². The minimum Gasteiger partial charge on any atom is -0.324 e. The van der Waals surface area contributed by atoms with Gasteiger partial charge in [-0.25, -0.2) is 0 Å². The lowest BCUT2D eigenvalue weighted by Crippen LogP contribution is -2.12. The van der Waals surface area contributed by atoms with Crippen LogP contribution in [0.15, 0.2) is 11.4 Å². The van der Waals surface area contributed by atoms with Gasteiger partial charge in [0.1, 0.15) is 4.34 Å². The van der Waals surface area contributed by atoms with Gasteiger partial charge in [0.05, 0.1) is 6.54 Å². The Morgan fingerprint density at radius 3 is 2.90 bits per heavy atom. The molecule has 0 bridgehead atoms. The van der Waals surface area contributed by atoms with Crippen molar-refractivity contribution in [2.24, 2.45) is 5.73 Å². The minimum atomic E-state index is -0.105. The van der Waals surface area contributed by atoms with Gasteiger partial charge in [-0.2, -0.15) is 0 Å².